The Kier molecular flexibility index (Phi) is 5.72. The maximum atomic E-state index is 13.1. The van der Waals surface area contributed by atoms with Crippen molar-refractivity contribution >= 4 is 27.1 Å². The number of sulfone groups is 1. The van der Waals surface area contributed by atoms with Crippen molar-refractivity contribution in [1.82, 2.24) is 14.8 Å². The number of carbonyl (C=O) groups is 1. The monoisotopic (exact) mass is 437 g/mol. The molecule has 3 heterocycles. The Bertz CT molecular complexity index is 996. The van der Waals surface area contributed by atoms with Crippen molar-refractivity contribution in [3.05, 3.63) is 51.2 Å². The highest BCUT2D eigenvalue weighted by molar-refractivity contribution is 7.91. The molecule has 4 rings (SSSR count). The zero-order valence-corrected chi connectivity index (χ0v) is 17.9. The molecule has 1 aromatic carbocycles. The van der Waals surface area contributed by atoms with Gasteiger partial charge in [-0.05, 0) is 31.0 Å². The van der Waals surface area contributed by atoms with E-state index in [9.17, 15) is 17.6 Å². The molecule has 29 heavy (non-hydrogen) atoms. The molecule has 0 aliphatic carbocycles. The van der Waals surface area contributed by atoms with Crippen molar-refractivity contribution in [3.63, 3.8) is 0 Å². The Labute approximate surface area is 174 Å². The summed E-state index contributed by atoms with van der Waals surface area (Å²) in [5.41, 5.74) is 1.68. The first-order valence-corrected chi connectivity index (χ1v) is 12.4. The second kappa shape index (κ2) is 8.12. The first-order valence-electron chi connectivity index (χ1n) is 9.75. The van der Waals surface area contributed by atoms with Gasteiger partial charge in [0, 0.05) is 38.6 Å². The van der Waals surface area contributed by atoms with Crippen LogP contribution in [0.5, 0.6) is 0 Å². The summed E-state index contributed by atoms with van der Waals surface area (Å²) < 4.78 is 36.5. The Hall–Kier alpha value is -1.84. The van der Waals surface area contributed by atoms with Gasteiger partial charge >= 0.3 is 0 Å². The van der Waals surface area contributed by atoms with Crippen molar-refractivity contribution in [2.24, 2.45) is 0 Å². The predicted octanol–water partition coefficient (Wildman–Crippen LogP) is 2.13. The number of halogens is 1. The third-order valence-corrected chi connectivity index (χ3v) is 8.53. The van der Waals surface area contributed by atoms with Gasteiger partial charge in [-0.3, -0.25) is 9.69 Å². The van der Waals surface area contributed by atoms with E-state index in [1.165, 1.54) is 23.5 Å². The summed E-state index contributed by atoms with van der Waals surface area (Å²) in [6.07, 6.45) is 1.26. The number of amides is 1. The van der Waals surface area contributed by atoms with Crippen LogP contribution in [-0.4, -0.2) is 72.8 Å². The van der Waals surface area contributed by atoms with E-state index in [0.717, 1.165) is 16.3 Å². The third kappa shape index (κ3) is 4.67. The minimum Gasteiger partial charge on any atom is -0.335 e. The van der Waals surface area contributed by atoms with Gasteiger partial charge in [-0.2, -0.15) is 0 Å². The number of rotatable bonds is 4. The lowest BCUT2D eigenvalue weighted by molar-refractivity contribution is 0.0591. The summed E-state index contributed by atoms with van der Waals surface area (Å²) in [7, 11) is -2.90. The molecule has 2 aliphatic heterocycles. The van der Waals surface area contributed by atoms with E-state index >= 15 is 0 Å². The van der Waals surface area contributed by atoms with Crippen molar-refractivity contribution in [3.8, 4) is 0 Å². The van der Waals surface area contributed by atoms with E-state index in [-0.39, 0.29) is 29.3 Å². The van der Waals surface area contributed by atoms with E-state index < -0.39 is 9.84 Å². The molecule has 1 unspecified atom stereocenters. The molecule has 2 aromatic rings. The number of hydrogen-bond donors (Lipinski definition) is 0. The molecule has 0 spiro atoms. The molecule has 1 amide bonds. The van der Waals surface area contributed by atoms with Gasteiger partial charge in [0.1, 0.15) is 10.7 Å². The quantitative estimate of drug-likeness (QED) is 0.733. The fourth-order valence-electron chi connectivity index (χ4n) is 4.00. The van der Waals surface area contributed by atoms with Gasteiger partial charge in [0.15, 0.2) is 9.84 Å². The smallest absolute Gasteiger partial charge is 0.265 e. The second-order valence-corrected chi connectivity index (χ2v) is 11.0. The Morgan fingerprint density at radius 2 is 1.90 bits per heavy atom. The van der Waals surface area contributed by atoms with Crippen LogP contribution in [0.3, 0.4) is 0 Å². The minimum absolute atomic E-state index is 0.0101. The highest BCUT2D eigenvalue weighted by Gasteiger charge is 2.34. The molecule has 2 aliphatic rings. The lowest BCUT2D eigenvalue weighted by Gasteiger charge is -2.37. The van der Waals surface area contributed by atoms with Crippen LogP contribution in [0.1, 0.15) is 32.4 Å². The van der Waals surface area contributed by atoms with Gasteiger partial charge in [0.2, 0.25) is 0 Å². The molecule has 6 nitrogen and oxygen atoms in total. The summed E-state index contributed by atoms with van der Waals surface area (Å²) in [5.74, 6) is 0.230. The van der Waals surface area contributed by atoms with Crippen LogP contribution >= 0.6 is 11.3 Å². The average molecular weight is 438 g/mol. The van der Waals surface area contributed by atoms with E-state index in [0.29, 0.717) is 43.9 Å². The van der Waals surface area contributed by atoms with Crippen molar-refractivity contribution in [1.29, 1.82) is 0 Å². The number of aryl methyl sites for hydroxylation is 1. The Morgan fingerprint density at radius 1 is 1.21 bits per heavy atom. The molecule has 156 valence electrons. The van der Waals surface area contributed by atoms with Gasteiger partial charge in [0.25, 0.3) is 5.91 Å². The van der Waals surface area contributed by atoms with Crippen LogP contribution in [-0.2, 0) is 16.3 Å². The zero-order chi connectivity index (χ0) is 20.6. The van der Waals surface area contributed by atoms with E-state index in [2.05, 4.69) is 9.88 Å². The minimum atomic E-state index is -2.90. The van der Waals surface area contributed by atoms with Gasteiger partial charge in [-0.1, -0.05) is 12.1 Å². The van der Waals surface area contributed by atoms with Crippen LogP contribution in [0.15, 0.2) is 24.3 Å². The summed E-state index contributed by atoms with van der Waals surface area (Å²) in [6.45, 7) is 4.44. The number of piperazine rings is 1. The van der Waals surface area contributed by atoms with Crippen LogP contribution < -0.4 is 0 Å². The van der Waals surface area contributed by atoms with Crippen LogP contribution in [0.4, 0.5) is 4.39 Å². The fraction of sp³-hybridized carbons (Fsp3) is 0.500. The lowest BCUT2D eigenvalue weighted by atomic mass is 10.1. The number of hydrogen-bond acceptors (Lipinski definition) is 6. The molecular weight excluding hydrogens is 413 g/mol. The summed E-state index contributed by atoms with van der Waals surface area (Å²) in [4.78, 5) is 22.2. The fourth-order valence-corrected chi connectivity index (χ4v) is 6.83. The second-order valence-electron chi connectivity index (χ2n) is 7.71. The first-order chi connectivity index (χ1) is 13.8. The third-order valence-electron chi connectivity index (χ3n) is 5.63. The number of carbonyl (C=O) groups excluding carboxylic acids is 1. The summed E-state index contributed by atoms with van der Waals surface area (Å²) in [5, 5.41) is 0.840. The molecule has 2 saturated heterocycles. The highest BCUT2D eigenvalue weighted by Crippen LogP contribution is 2.24. The summed E-state index contributed by atoms with van der Waals surface area (Å²) in [6, 6.07) is 6.41. The van der Waals surface area contributed by atoms with Gasteiger partial charge in [0.05, 0.1) is 22.2 Å². The first kappa shape index (κ1) is 20.4. The molecule has 0 N–H and O–H groups in total. The predicted molar refractivity (Wildman–Crippen MR) is 111 cm³/mol. The Morgan fingerprint density at radius 3 is 2.52 bits per heavy atom. The molecule has 2 fully saturated rings. The number of aromatic nitrogens is 1. The molecule has 0 bridgehead atoms. The topological polar surface area (TPSA) is 70.6 Å². The number of nitrogens with zero attached hydrogens (tertiary/aromatic N) is 3. The molecular formula is C20H24FN3O3S2. The van der Waals surface area contributed by atoms with E-state index in [1.54, 1.807) is 12.1 Å². The molecule has 0 radical (unpaired) electrons. The van der Waals surface area contributed by atoms with Gasteiger partial charge in [-0.15, -0.1) is 11.3 Å². The molecule has 1 atom stereocenters. The van der Waals surface area contributed by atoms with Gasteiger partial charge in [-0.25, -0.2) is 17.8 Å². The van der Waals surface area contributed by atoms with E-state index in [4.69, 9.17) is 0 Å². The summed E-state index contributed by atoms with van der Waals surface area (Å²) >= 11 is 1.40. The largest absolute Gasteiger partial charge is 0.335 e. The van der Waals surface area contributed by atoms with Crippen molar-refractivity contribution in [2.45, 2.75) is 25.8 Å². The maximum Gasteiger partial charge on any atom is 0.265 e. The van der Waals surface area contributed by atoms with Crippen LogP contribution in [0.25, 0.3) is 0 Å². The SMILES string of the molecule is Cc1nc(Cc2ccc(F)cc2)sc1C(=O)N1CCN(C2CCS(=O)(=O)C2)CC1. The molecule has 1 aromatic heterocycles. The van der Waals surface area contributed by atoms with Gasteiger partial charge < -0.3 is 4.90 Å². The zero-order valence-electron chi connectivity index (χ0n) is 16.3. The van der Waals surface area contributed by atoms with Crippen LogP contribution in [0, 0.1) is 12.7 Å². The van der Waals surface area contributed by atoms with E-state index in [1.807, 2.05) is 11.8 Å². The number of benzene rings is 1. The van der Waals surface area contributed by atoms with Crippen molar-refractivity contribution in [2.75, 3.05) is 37.7 Å². The highest BCUT2D eigenvalue weighted by atomic mass is 32.2. The Balaban J connectivity index is 1.37. The van der Waals surface area contributed by atoms with Crippen LogP contribution in [0.2, 0.25) is 0 Å². The lowest BCUT2D eigenvalue weighted by Crippen LogP contribution is -2.52. The standard InChI is InChI=1S/C20H24FN3O3S2/c1-14-19(28-18(22-14)12-15-2-4-16(21)5-3-15)20(25)24-9-7-23(8-10-24)17-6-11-29(26,27)13-17/h2-5,17H,6-13H2,1H3. The maximum absolute atomic E-state index is 13.1. The normalized spacial score (nSPS) is 22.1. The number of thiazole rings is 1. The van der Waals surface area contributed by atoms with Crippen molar-refractivity contribution < 1.29 is 17.6 Å². The average Bonchev–Trinajstić information content (AvgIpc) is 3.25. The molecule has 0 saturated carbocycles. The molecule has 9 heteroatoms.